The molecular weight excluding hydrogens is 340 g/mol. The first-order valence-electron chi connectivity index (χ1n) is 8.41. The Balaban J connectivity index is 1.97. The van der Waals surface area contributed by atoms with Crippen molar-refractivity contribution in [2.24, 2.45) is 0 Å². The average molecular weight is 363 g/mol. The number of aromatic amines is 1. The van der Waals surface area contributed by atoms with Crippen LogP contribution in [-0.2, 0) is 0 Å². The maximum atomic E-state index is 12.2. The van der Waals surface area contributed by atoms with Crippen molar-refractivity contribution >= 4 is 17.5 Å². The maximum Gasteiger partial charge on any atom is 0.264 e. The monoisotopic (exact) mass is 362 g/mol. The quantitative estimate of drug-likeness (QED) is 0.707. The van der Waals surface area contributed by atoms with Gasteiger partial charge in [-0.15, -0.1) is 0 Å². The zero-order valence-corrected chi connectivity index (χ0v) is 15.3. The zero-order valence-electron chi connectivity index (χ0n) is 14.5. The molecule has 0 fully saturated rings. The van der Waals surface area contributed by atoms with E-state index in [-0.39, 0.29) is 5.56 Å². The molecule has 0 unspecified atom stereocenters. The van der Waals surface area contributed by atoms with Gasteiger partial charge in [-0.1, -0.05) is 25.4 Å². The van der Waals surface area contributed by atoms with Gasteiger partial charge in [0.05, 0.1) is 0 Å². The van der Waals surface area contributed by atoms with Crippen LogP contribution in [0, 0.1) is 0 Å². The Morgan fingerprint density at radius 2 is 1.92 bits per heavy atom. The Morgan fingerprint density at radius 1 is 1.24 bits per heavy atom. The second kappa shape index (κ2) is 9.34. The molecule has 0 saturated heterocycles. The van der Waals surface area contributed by atoms with Crippen molar-refractivity contribution in [3.8, 4) is 11.4 Å². The van der Waals surface area contributed by atoms with Crippen LogP contribution < -0.4 is 10.9 Å². The molecule has 6 nitrogen and oxygen atoms in total. The van der Waals surface area contributed by atoms with Crippen LogP contribution in [0.5, 0.6) is 0 Å². The zero-order chi connectivity index (χ0) is 18.2. The number of nitrogens with one attached hydrogen (secondary N) is 2. The topological polar surface area (TPSA) is 78.1 Å². The molecule has 0 aliphatic rings. The smallest absolute Gasteiger partial charge is 0.264 e. The van der Waals surface area contributed by atoms with Crippen molar-refractivity contribution in [1.82, 2.24) is 20.2 Å². The molecule has 0 radical (unpaired) electrons. The van der Waals surface area contributed by atoms with Crippen molar-refractivity contribution < 1.29 is 4.79 Å². The summed E-state index contributed by atoms with van der Waals surface area (Å²) in [4.78, 5) is 33.4. The van der Waals surface area contributed by atoms with Gasteiger partial charge in [-0.05, 0) is 50.3 Å². The first kappa shape index (κ1) is 19.1. The van der Waals surface area contributed by atoms with Gasteiger partial charge in [0.1, 0.15) is 11.4 Å². The van der Waals surface area contributed by atoms with Gasteiger partial charge in [0, 0.05) is 23.3 Å². The Bertz CT molecular complexity index is 754. The molecule has 1 heterocycles. The molecule has 0 aliphatic carbocycles. The summed E-state index contributed by atoms with van der Waals surface area (Å²) in [6.45, 7) is 7.62. The van der Waals surface area contributed by atoms with Gasteiger partial charge in [0.15, 0.2) is 0 Å². The number of nitrogens with zero attached hydrogens (tertiary/aromatic N) is 2. The number of H-pyrrole nitrogens is 1. The minimum Gasteiger partial charge on any atom is -0.352 e. The highest BCUT2D eigenvalue weighted by Gasteiger charge is 2.12. The van der Waals surface area contributed by atoms with E-state index in [2.05, 4.69) is 34.0 Å². The molecule has 1 aromatic heterocycles. The van der Waals surface area contributed by atoms with Crippen LogP contribution in [0.2, 0.25) is 5.02 Å². The van der Waals surface area contributed by atoms with E-state index in [1.54, 1.807) is 24.3 Å². The molecule has 25 heavy (non-hydrogen) atoms. The summed E-state index contributed by atoms with van der Waals surface area (Å²) in [6, 6.07) is 6.95. The molecule has 1 amide bonds. The van der Waals surface area contributed by atoms with Gasteiger partial charge in [0.25, 0.3) is 11.5 Å². The third-order valence-electron chi connectivity index (χ3n) is 3.99. The minimum absolute atomic E-state index is 0.0144. The molecule has 0 atom stereocenters. The van der Waals surface area contributed by atoms with Crippen LogP contribution >= 0.6 is 11.6 Å². The second-order valence-corrected chi connectivity index (χ2v) is 6.05. The fourth-order valence-electron chi connectivity index (χ4n) is 2.45. The van der Waals surface area contributed by atoms with Crippen molar-refractivity contribution in [2.45, 2.75) is 20.3 Å². The molecule has 134 valence electrons. The third kappa shape index (κ3) is 5.41. The molecule has 2 aromatic rings. The summed E-state index contributed by atoms with van der Waals surface area (Å²) in [6.07, 6.45) is 2.14. The standard InChI is InChI=1S/C18H23ClN4O2/c1-3-23(4-2)11-5-10-20-17(24)15-12-21-16(22-18(15)25)13-6-8-14(19)9-7-13/h6-9,12H,3-5,10-11H2,1-2H3,(H,20,24)(H,21,22,25). The number of benzene rings is 1. The van der Waals surface area contributed by atoms with E-state index >= 15 is 0 Å². The summed E-state index contributed by atoms with van der Waals surface area (Å²) in [5, 5.41) is 3.37. The van der Waals surface area contributed by atoms with Crippen molar-refractivity contribution in [1.29, 1.82) is 0 Å². The molecule has 2 rings (SSSR count). The number of halogens is 1. The predicted octanol–water partition coefficient (Wildman–Crippen LogP) is 2.55. The lowest BCUT2D eigenvalue weighted by Gasteiger charge is -2.17. The summed E-state index contributed by atoms with van der Waals surface area (Å²) in [5.74, 6) is -0.00398. The summed E-state index contributed by atoms with van der Waals surface area (Å²) in [7, 11) is 0. The molecule has 0 saturated carbocycles. The Hall–Kier alpha value is -2.18. The normalized spacial score (nSPS) is 10.9. The van der Waals surface area contributed by atoms with E-state index in [0.29, 0.717) is 17.4 Å². The molecule has 7 heteroatoms. The van der Waals surface area contributed by atoms with Gasteiger partial charge in [-0.25, -0.2) is 4.98 Å². The van der Waals surface area contributed by atoms with Crippen molar-refractivity contribution in [2.75, 3.05) is 26.2 Å². The molecule has 0 aliphatic heterocycles. The lowest BCUT2D eigenvalue weighted by Crippen LogP contribution is -2.33. The fourth-order valence-corrected chi connectivity index (χ4v) is 2.58. The third-order valence-corrected chi connectivity index (χ3v) is 4.24. The number of hydrogen-bond donors (Lipinski definition) is 2. The summed E-state index contributed by atoms with van der Waals surface area (Å²) in [5.41, 5.74) is 0.287. The largest absolute Gasteiger partial charge is 0.352 e. The highest BCUT2D eigenvalue weighted by Crippen LogP contribution is 2.16. The Kier molecular flexibility index (Phi) is 7.16. The molecule has 0 bridgehead atoms. The van der Waals surface area contributed by atoms with E-state index in [0.717, 1.165) is 31.6 Å². The van der Waals surface area contributed by atoms with Gasteiger partial charge >= 0.3 is 0 Å². The molecule has 1 aromatic carbocycles. The van der Waals surface area contributed by atoms with Crippen LogP contribution in [0.4, 0.5) is 0 Å². The number of carbonyl (C=O) groups excluding carboxylic acids is 1. The second-order valence-electron chi connectivity index (χ2n) is 5.62. The van der Waals surface area contributed by atoms with Gasteiger partial charge in [0.2, 0.25) is 0 Å². The highest BCUT2D eigenvalue weighted by molar-refractivity contribution is 6.30. The summed E-state index contributed by atoms with van der Waals surface area (Å²) >= 11 is 5.85. The number of amides is 1. The first-order chi connectivity index (χ1) is 12.0. The predicted molar refractivity (Wildman–Crippen MR) is 100 cm³/mol. The van der Waals surface area contributed by atoms with Crippen LogP contribution in [0.15, 0.2) is 35.3 Å². The Labute approximate surface area is 152 Å². The van der Waals surface area contributed by atoms with Crippen molar-refractivity contribution in [3.63, 3.8) is 0 Å². The van der Waals surface area contributed by atoms with Crippen LogP contribution in [0.25, 0.3) is 11.4 Å². The molecule has 0 spiro atoms. The maximum absolute atomic E-state index is 12.2. The van der Waals surface area contributed by atoms with E-state index in [4.69, 9.17) is 11.6 Å². The first-order valence-corrected chi connectivity index (χ1v) is 8.78. The number of carbonyl (C=O) groups is 1. The Morgan fingerprint density at radius 3 is 2.52 bits per heavy atom. The van der Waals surface area contributed by atoms with Gasteiger partial charge in [-0.2, -0.15) is 0 Å². The van der Waals surface area contributed by atoms with Crippen LogP contribution in [0.1, 0.15) is 30.6 Å². The fraction of sp³-hybridized carbons (Fsp3) is 0.389. The lowest BCUT2D eigenvalue weighted by molar-refractivity contribution is 0.0950. The van der Waals surface area contributed by atoms with Crippen LogP contribution in [0.3, 0.4) is 0 Å². The van der Waals surface area contributed by atoms with E-state index in [1.165, 1.54) is 6.20 Å². The van der Waals surface area contributed by atoms with Crippen LogP contribution in [-0.4, -0.2) is 47.0 Å². The summed E-state index contributed by atoms with van der Waals surface area (Å²) < 4.78 is 0. The lowest BCUT2D eigenvalue weighted by atomic mass is 10.2. The van der Waals surface area contributed by atoms with Crippen molar-refractivity contribution in [3.05, 3.63) is 51.4 Å². The van der Waals surface area contributed by atoms with Gasteiger partial charge < -0.3 is 15.2 Å². The SMILES string of the molecule is CCN(CC)CCCNC(=O)c1cnc(-c2ccc(Cl)cc2)[nH]c1=O. The van der Waals surface area contributed by atoms with E-state index < -0.39 is 11.5 Å². The van der Waals surface area contributed by atoms with Gasteiger partial charge in [-0.3, -0.25) is 9.59 Å². The average Bonchev–Trinajstić information content (AvgIpc) is 2.62. The molecule has 2 N–H and O–H groups in total. The number of rotatable bonds is 8. The van der Waals surface area contributed by atoms with E-state index in [1.807, 2.05) is 0 Å². The highest BCUT2D eigenvalue weighted by atomic mass is 35.5. The van der Waals surface area contributed by atoms with E-state index in [9.17, 15) is 9.59 Å². The number of hydrogen-bond acceptors (Lipinski definition) is 4. The minimum atomic E-state index is -0.457. The molecular formula is C18H23ClN4O2. The number of aromatic nitrogens is 2.